The van der Waals surface area contributed by atoms with Crippen LogP contribution in [-0.2, 0) is 0 Å². The van der Waals surface area contributed by atoms with Crippen LogP contribution in [0.25, 0.3) is 10.6 Å². The molecular weight excluding hydrogens is 301 g/mol. The fraction of sp³-hybridized carbons (Fsp3) is 0. The monoisotopic (exact) mass is 305 g/mol. The second-order valence-corrected chi connectivity index (χ2v) is 5.02. The number of hydrogen-bond acceptors (Lipinski definition) is 5. The van der Waals surface area contributed by atoms with Crippen LogP contribution in [0.5, 0.6) is 5.75 Å². The molecule has 0 spiro atoms. The highest BCUT2D eigenvalue weighted by atomic mass is 127. The first-order valence-corrected chi connectivity index (χ1v) is 5.28. The summed E-state index contributed by atoms with van der Waals surface area (Å²) < 4.78 is 0.871. The minimum atomic E-state index is 0.141. The molecule has 2 rings (SSSR count). The summed E-state index contributed by atoms with van der Waals surface area (Å²) >= 11 is 3.56. The molecule has 2 aromatic heterocycles. The highest BCUT2D eigenvalue weighted by Gasteiger charge is 2.05. The molecule has 2 aromatic rings. The number of aromatic hydroxyl groups is 1. The number of hydrogen-bond donors (Lipinski definition) is 1. The zero-order valence-corrected chi connectivity index (χ0v) is 9.28. The average molecular weight is 305 g/mol. The molecule has 0 atom stereocenters. The van der Waals surface area contributed by atoms with Crippen LogP contribution in [0.15, 0.2) is 18.5 Å². The lowest BCUT2D eigenvalue weighted by Gasteiger charge is -1.93. The van der Waals surface area contributed by atoms with Crippen LogP contribution in [0.1, 0.15) is 0 Å². The third-order valence-corrected chi connectivity index (χ3v) is 3.01. The van der Waals surface area contributed by atoms with Gasteiger partial charge in [-0.15, -0.1) is 10.2 Å². The number of nitrogens with zero attached hydrogens (tertiary/aromatic N) is 3. The van der Waals surface area contributed by atoms with Crippen LogP contribution < -0.4 is 0 Å². The lowest BCUT2D eigenvalue weighted by molar-refractivity contribution is 0.473. The van der Waals surface area contributed by atoms with Gasteiger partial charge in [-0.1, -0.05) is 11.3 Å². The van der Waals surface area contributed by atoms with Gasteiger partial charge in [0.15, 0.2) is 3.01 Å². The van der Waals surface area contributed by atoms with Crippen LogP contribution in [0, 0.1) is 3.01 Å². The van der Waals surface area contributed by atoms with Crippen LogP contribution in [0.2, 0.25) is 0 Å². The largest absolute Gasteiger partial charge is 0.506 e. The van der Waals surface area contributed by atoms with E-state index in [1.54, 1.807) is 12.3 Å². The quantitative estimate of drug-likeness (QED) is 0.818. The molecular formula is C7H4IN3OS. The first-order chi connectivity index (χ1) is 6.25. The topological polar surface area (TPSA) is 58.9 Å². The number of aromatic nitrogens is 3. The predicted molar refractivity (Wildman–Crippen MR) is 57.5 cm³/mol. The van der Waals surface area contributed by atoms with Crippen molar-refractivity contribution in [2.24, 2.45) is 0 Å². The molecule has 0 unspecified atom stereocenters. The van der Waals surface area contributed by atoms with Gasteiger partial charge in [-0.05, 0) is 28.7 Å². The van der Waals surface area contributed by atoms with E-state index >= 15 is 0 Å². The van der Waals surface area contributed by atoms with Gasteiger partial charge in [0, 0.05) is 11.8 Å². The number of halogens is 1. The molecule has 0 aliphatic heterocycles. The van der Waals surface area contributed by atoms with Crippen molar-refractivity contribution in [2.75, 3.05) is 0 Å². The Kier molecular flexibility index (Phi) is 2.40. The summed E-state index contributed by atoms with van der Waals surface area (Å²) in [7, 11) is 0. The minimum Gasteiger partial charge on any atom is -0.506 e. The number of pyridine rings is 1. The Morgan fingerprint density at radius 2 is 2.15 bits per heavy atom. The lowest BCUT2D eigenvalue weighted by atomic mass is 10.3. The van der Waals surface area contributed by atoms with Gasteiger partial charge in [0.25, 0.3) is 0 Å². The van der Waals surface area contributed by atoms with E-state index in [2.05, 4.69) is 37.8 Å². The normalized spacial score (nSPS) is 10.2. The van der Waals surface area contributed by atoms with Crippen molar-refractivity contribution < 1.29 is 5.11 Å². The molecule has 0 aliphatic rings. The van der Waals surface area contributed by atoms with Crippen LogP contribution >= 0.6 is 33.9 Å². The maximum absolute atomic E-state index is 9.17. The van der Waals surface area contributed by atoms with Gasteiger partial charge in [-0.3, -0.25) is 4.98 Å². The van der Waals surface area contributed by atoms with Crippen LogP contribution in [-0.4, -0.2) is 20.3 Å². The van der Waals surface area contributed by atoms with Gasteiger partial charge in [0.2, 0.25) is 0 Å². The van der Waals surface area contributed by atoms with E-state index in [4.69, 9.17) is 0 Å². The summed E-state index contributed by atoms with van der Waals surface area (Å²) in [4.78, 5) is 3.86. The molecule has 4 nitrogen and oxygen atoms in total. The molecule has 0 saturated heterocycles. The smallest absolute Gasteiger partial charge is 0.178 e. The van der Waals surface area contributed by atoms with Gasteiger partial charge in [-0.25, -0.2) is 0 Å². The van der Waals surface area contributed by atoms with Crippen molar-refractivity contribution >= 4 is 33.9 Å². The standard InChI is InChI=1S/C7H4IN3OS/c8-7-11-10-6(13-7)4-1-5(12)3-9-2-4/h1-3,12H. The fourth-order valence-corrected chi connectivity index (χ4v) is 2.15. The Labute approximate surface area is 91.8 Å². The summed E-state index contributed by atoms with van der Waals surface area (Å²) in [5.41, 5.74) is 0.792. The number of rotatable bonds is 1. The van der Waals surface area contributed by atoms with Gasteiger partial charge in [-0.2, -0.15) is 0 Å². The molecule has 0 radical (unpaired) electrons. The van der Waals surface area contributed by atoms with Crippen LogP contribution in [0.3, 0.4) is 0 Å². The zero-order chi connectivity index (χ0) is 9.26. The maximum atomic E-state index is 9.17. The fourth-order valence-electron chi connectivity index (χ4n) is 0.867. The molecule has 0 amide bonds. The van der Waals surface area contributed by atoms with E-state index < -0.39 is 0 Å². The molecule has 0 aromatic carbocycles. The molecule has 0 saturated carbocycles. The summed E-state index contributed by atoms with van der Waals surface area (Å²) in [5, 5.41) is 17.7. The summed E-state index contributed by atoms with van der Waals surface area (Å²) in [5.74, 6) is 0.141. The average Bonchev–Trinajstić information content (AvgIpc) is 2.52. The minimum absolute atomic E-state index is 0.141. The van der Waals surface area contributed by atoms with Crippen molar-refractivity contribution in [2.45, 2.75) is 0 Å². The first-order valence-electron chi connectivity index (χ1n) is 3.39. The van der Waals surface area contributed by atoms with Crippen LogP contribution in [0.4, 0.5) is 0 Å². The Bertz CT molecular complexity index is 431. The zero-order valence-electron chi connectivity index (χ0n) is 6.31. The van der Waals surface area contributed by atoms with E-state index in [0.29, 0.717) is 0 Å². The Hall–Kier alpha value is -0.760. The van der Waals surface area contributed by atoms with E-state index in [1.165, 1.54) is 17.5 Å². The highest BCUT2D eigenvalue weighted by Crippen LogP contribution is 2.25. The molecule has 13 heavy (non-hydrogen) atoms. The van der Waals surface area contributed by atoms with Gasteiger partial charge in [0.05, 0.1) is 6.20 Å². The molecule has 0 aliphatic carbocycles. The van der Waals surface area contributed by atoms with Crippen molar-refractivity contribution in [1.29, 1.82) is 0 Å². The van der Waals surface area contributed by atoms with Crippen molar-refractivity contribution in [3.63, 3.8) is 0 Å². The molecule has 6 heteroatoms. The Balaban J connectivity index is 2.46. The maximum Gasteiger partial charge on any atom is 0.178 e. The highest BCUT2D eigenvalue weighted by molar-refractivity contribution is 14.1. The predicted octanol–water partition coefficient (Wildman–Crippen LogP) is 1.91. The van der Waals surface area contributed by atoms with E-state index in [0.717, 1.165) is 13.6 Å². The second kappa shape index (κ2) is 3.54. The first kappa shape index (κ1) is 8.82. The summed E-state index contributed by atoms with van der Waals surface area (Å²) in [6.45, 7) is 0. The third kappa shape index (κ3) is 1.94. The van der Waals surface area contributed by atoms with E-state index in [9.17, 15) is 5.11 Å². The summed E-state index contributed by atoms with van der Waals surface area (Å²) in [6, 6.07) is 1.61. The Morgan fingerprint density at radius 1 is 1.31 bits per heavy atom. The van der Waals surface area contributed by atoms with Crippen molar-refractivity contribution in [3.8, 4) is 16.3 Å². The molecule has 2 heterocycles. The molecule has 0 bridgehead atoms. The SMILES string of the molecule is Oc1cncc(-c2nnc(I)s2)c1. The lowest BCUT2D eigenvalue weighted by Crippen LogP contribution is -1.78. The van der Waals surface area contributed by atoms with Gasteiger partial charge < -0.3 is 5.11 Å². The molecule has 0 fully saturated rings. The van der Waals surface area contributed by atoms with Crippen molar-refractivity contribution in [3.05, 3.63) is 21.5 Å². The third-order valence-electron chi connectivity index (χ3n) is 1.37. The van der Waals surface area contributed by atoms with E-state index in [-0.39, 0.29) is 5.75 Å². The van der Waals surface area contributed by atoms with Gasteiger partial charge in [0.1, 0.15) is 10.8 Å². The Morgan fingerprint density at radius 3 is 2.77 bits per heavy atom. The second-order valence-electron chi connectivity index (χ2n) is 2.29. The van der Waals surface area contributed by atoms with E-state index in [1.807, 2.05) is 0 Å². The molecule has 66 valence electrons. The summed E-state index contributed by atoms with van der Waals surface area (Å²) in [6.07, 6.45) is 3.03. The molecule has 1 N–H and O–H groups in total. The van der Waals surface area contributed by atoms with Gasteiger partial charge >= 0.3 is 0 Å². The van der Waals surface area contributed by atoms with Crippen molar-refractivity contribution in [1.82, 2.24) is 15.2 Å².